The van der Waals surface area contributed by atoms with E-state index >= 15 is 0 Å². The third kappa shape index (κ3) is 3.56. The molecule has 1 unspecified atom stereocenters. The van der Waals surface area contributed by atoms with Crippen molar-refractivity contribution >= 4 is 6.03 Å². The van der Waals surface area contributed by atoms with Crippen LogP contribution in [0.25, 0.3) is 0 Å². The van der Waals surface area contributed by atoms with Gasteiger partial charge in [0.1, 0.15) is 0 Å². The van der Waals surface area contributed by atoms with E-state index < -0.39 is 0 Å². The lowest BCUT2D eigenvalue weighted by atomic mass is 9.99. The summed E-state index contributed by atoms with van der Waals surface area (Å²) in [5.41, 5.74) is 0. The lowest BCUT2D eigenvalue weighted by molar-refractivity contribution is 0.106. The highest BCUT2D eigenvalue weighted by Gasteiger charge is 2.30. The molecule has 2 saturated heterocycles. The lowest BCUT2D eigenvalue weighted by Gasteiger charge is -2.40. The van der Waals surface area contributed by atoms with Crippen molar-refractivity contribution < 1.29 is 4.79 Å². The van der Waals surface area contributed by atoms with Gasteiger partial charge < -0.3 is 19.7 Å². The number of nitrogens with zero attached hydrogens (tertiary/aromatic N) is 4. The van der Waals surface area contributed by atoms with Gasteiger partial charge in [-0.1, -0.05) is 0 Å². The molecule has 2 aliphatic heterocycles. The molecular weight excluding hydrogens is 266 g/mol. The largest absolute Gasteiger partial charge is 0.337 e. The van der Waals surface area contributed by atoms with E-state index in [4.69, 9.17) is 0 Å². The minimum atomic E-state index is 0.242. The average molecular weight is 291 g/mol. The molecule has 1 atom stereocenters. The van der Waals surface area contributed by atoms with Gasteiger partial charge in [-0.3, -0.25) is 0 Å². The summed E-state index contributed by atoms with van der Waals surface area (Å²) in [5, 5.41) is 3.30. The average Bonchev–Trinajstić information content (AvgIpc) is 3.07. The minimum Gasteiger partial charge on any atom is -0.337 e. The molecule has 3 rings (SSSR count). The number of piperazine rings is 1. The quantitative estimate of drug-likeness (QED) is 0.909. The number of aryl methyl sites for hydroxylation is 1. The predicted octanol–water partition coefficient (Wildman–Crippen LogP) is 1.15. The molecule has 1 aromatic rings. The number of hydrogen-bond donors (Lipinski definition) is 1. The van der Waals surface area contributed by atoms with E-state index in [1.54, 1.807) is 0 Å². The van der Waals surface area contributed by atoms with E-state index in [2.05, 4.69) is 19.8 Å². The fourth-order valence-corrected chi connectivity index (χ4v) is 3.31. The molecule has 0 aromatic carbocycles. The first-order chi connectivity index (χ1) is 10.3. The van der Waals surface area contributed by atoms with Crippen LogP contribution in [0.1, 0.15) is 25.7 Å². The van der Waals surface area contributed by atoms with E-state index in [1.165, 1.54) is 6.42 Å². The molecule has 0 spiro atoms. The molecule has 116 valence electrons. The van der Waals surface area contributed by atoms with Crippen LogP contribution in [-0.2, 0) is 6.54 Å². The maximum absolute atomic E-state index is 12.7. The zero-order valence-electron chi connectivity index (χ0n) is 12.6. The van der Waals surface area contributed by atoms with E-state index in [0.717, 1.165) is 58.5 Å². The van der Waals surface area contributed by atoms with Crippen LogP contribution in [0.4, 0.5) is 4.79 Å². The fraction of sp³-hybridized carbons (Fsp3) is 0.733. The summed E-state index contributed by atoms with van der Waals surface area (Å²) in [6.45, 7) is 5.36. The molecule has 1 aromatic heterocycles. The second-order valence-corrected chi connectivity index (χ2v) is 5.95. The molecule has 21 heavy (non-hydrogen) atoms. The number of carbonyl (C=O) groups is 1. The van der Waals surface area contributed by atoms with Crippen molar-refractivity contribution in [3.8, 4) is 0 Å². The molecule has 1 N–H and O–H groups in total. The van der Waals surface area contributed by atoms with Crippen molar-refractivity contribution in [3.05, 3.63) is 18.7 Å². The maximum Gasteiger partial charge on any atom is 0.320 e. The number of piperidine rings is 1. The molecule has 6 nitrogen and oxygen atoms in total. The van der Waals surface area contributed by atoms with Crippen LogP contribution in [0.5, 0.6) is 0 Å². The Balaban J connectivity index is 1.59. The number of urea groups is 1. The standard InChI is InChI=1S/C15H25N5O/c21-15(19-11-6-16-7-12-19)20-8-2-1-3-14(20)4-9-18-10-5-17-13-18/h5,10,13-14,16H,1-4,6-9,11-12H2. The van der Waals surface area contributed by atoms with Gasteiger partial charge in [0.2, 0.25) is 0 Å². The normalized spacial score (nSPS) is 23.3. The molecular formula is C15H25N5O. The second-order valence-electron chi connectivity index (χ2n) is 5.95. The zero-order chi connectivity index (χ0) is 14.5. The summed E-state index contributed by atoms with van der Waals surface area (Å²) in [4.78, 5) is 20.9. The lowest BCUT2D eigenvalue weighted by Crippen LogP contribution is -2.55. The number of aromatic nitrogens is 2. The topological polar surface area (TPSA) is 53.4 Å². The van der Waals surface area contributed by atoms with Crippen molar-refractivity contribution in [1.29, 1.82) is 0 Å². The second kappa shape index (κ2) is 6.93. The molecule has 6 heteroatoms. The Hall–Kier alpha value is -1.56. The zero-order valence-corrected chi connectivity index (χ0v) is 12.6. The van der Waals surface area contributed by atoms with Crippen LogP contribution < -0.4 is 5.32 Å². The number of carbonyl (C=O) groups excluding carboxylic acids is 1. The third-order valence-corrected chi connectivity index (χ3v) is 4.54. The van der Waals surface area contributed by atoms with Crippen molar-refractivity contribution in [1.82, 2.24) is 24.7 Å². The third-order valence-electron chi connectivity index (χ3n) is 4.54. The van der Waals surface area contributed by atoms with Crippen LogP contribution in [0, 0.1) is 0 Å². The van der Waals surface area contributed by atoms with Crippen LogP contribution in [0.15, 0.2) is 18.7 Å². The highest BCUT2D eigenvalue weighted by Crippen LogP contribution is 2.22. The molecule has 3 heterocycles. The molecule has 0 saturated carbocycles. The predicted molar refractivity (Wildman–Crippen MR) is 81.0 cm³/mol. The summed E-state index contributed by atoms with van der Waals surface area (Å²) in [6.07, 6.45) is 10.2. The van der Waals surface area contributed by atoms with Gasteiger partial charge in [-0.05, 0) is 25.7 Å². The minimum absolute atomic E-state index is 0.242. The molecule has 0 aliphatic carbocycles. The number of nitrogens with one attached hydrogen (secondary N) is 1. The number of amides is 2. The van der Waals surface area contributed by atoms with Gasteiger partial charge in [-0.15, -0.1) is 0 Å². The summed E-state index contributed by atoms with van der Waals surface area (Å²) >= 11 is 0. The molecule has 2 aliphatic rings. The Morgan fingerprint density at radius 1 is 1.24 bits per heavy atom. The molecule has 0 radical (unpaired) electrons. The van der Waals surface area contributed by atoms with Gasteiger partial charge in [0.25, 0.3) is 0 Å². The Kier molecular flexibility index (Phi) is 4.75. The Morgan fingerprint density at radius 3 is 2.86 bits per heavy atom. The van der Waals surface area contributed by atoms with Crippen molar-refractivity contribution in [2.45, 2.75) is 38.3 Å². The van der Waals surface area contributed by atoms with Crippen LogP contribution in [0.2, 0.25) is 0 Å². The Bertz CT molecular complexity index is 441. The molecule has 2 fully saturated rings. The van der Waals surface area contributed by atoms with Gasteiger partial charge >= 0.3 is 6.03 Å². The van der Waals surface area contributed by atoms with E-state index in [9.17, 15) is 4.79 Å². The highest BCUT2D eigenvalue weighted by atomic mass is 16.2. The summed E-state index contributed by atoms with van der Waals surface area (Å²) < 4.78 is 2.10. The first-order valence-electron chi connectivity index (χ1n) is 8.06. The Morgan fingerprint density at radius 2 is 2.10 bits per heavy atom. The summed E-state index contributed by atoms with van der Waals surface area (Å²) in [7, 11) is 0. The van der Waals surface area contributed by atoms with Gasteiger partial charge in [0.15, 0.2) is 0 Å². The van der Waals surface area contributed by atoms with Crippen LogP contribution in [0.3, 0.4) is 0 Å². The molecule has 2 amide bonds. The summed E-state index contributed by atoms with van der Waals surface area (Å²) in [5.74, 6) is 0. The maximum atomic E-state index is 12.7. The highest BCUT2D eigenvalue weighted by molar-refractivity contribution is 5.75. The van der Waals surface area contributed by atoms with Crippen molar-refractivity contribution in [3.63, 3.8) is 0 Å². The number of hydrogen-bond acceptors (Lipinski definition) is 3. The van der Waals surface area contributed by atoms with Gasteiger partial charge in [-0.2, -0.15) is 0 Å². The number of imidazole rings is 1. The smallest absolute Gasteiger partial charge is 0.320 e. The van der Waals surface area contributed by atoms with Crippen molar-refractivity contribution in [2.75, 3.05) is 32.7 Å². The van der Waals surface area contributed by atoms with Gasteiger partial charge in [0, 0.05) is 57.7 Å². The number of rotatable bonds is 3. The van der Waals surface area contributed by atoms with Crippen LogP contribution in [-0.4, -0.2) is 64.1 Å². The summed E-state index contributed by atoms with van der Waals surface area (Å²) in [6, 6.07) is 0.621. The number of likely N-dealkylation sites (tertiary alicyclic amines) is 1. The fourth-order valence-electron chi connectivity index (χ4n) is 3.31. The first kappa shape index (κ1) is 14.4. The SMILES string of the molecule is O=C(N1CCNCC1)N1CCCCC1CCn1ccnc1. The van der Waals surface area contributed by atoms with Crippen LogP contribution >= 0.6 is 0 Å². The van der Waals surface area contributed by atoms with E-state index in [1.807, 2.05) is 23.6 Å². The van der Waals surface area contributed by atoms with E-state index in [0.29, 0.717) is 6.04 Å². The Labute approximate surface area is 126 Å². The van der Waals surface area contributed by atoms with Gasteiger partial charge in [0.05, 0.1) is 6.33 Å². The van der Waals surface area contributed by atoms with Crippen molar-refractivity contribution in [2.24, 2.45) is 0 Å². The van der Waals surface area contributed by atoms with Gasteiger partial charge in [-0.25, -0.2) is 9.78 Å². The monoisotopic (exact) mass is 291 g/mol. The van der Waals surface area contributed by atoms with E-state index in [-0.39, 0.29) is 6.03 Å². The molecule has 0 bridgehead atoms. The first-order valence-corrected chi connectivity index (χ1v) is 8.06.